The molecule has 1 aliphatic heterocycles. The zero-order valence-corrected chi connectivity index (χ0v) is 11.4. The van der Waals surface area contributed by atoms with Crippen LogP contribution in [-0.4, -0.2) is 28.9 Å². The number of nitrogens with zero attached hydrogens (tertiary/aromatic N) is 2. The Morgan fingerprint density at radius 3 is 3.05 bits per heavy atom. The molecule has 0 radical (unpaired) electrons. The number of nitrogen functional groups attached to an aromatic ring is 1. The summed E-state index contributed by atoms with van der Waals surface area (Å²) in [5, 5.41) is 0.597. The molecule has 1 aliphatic rings. The van der Waals surface area contributed by atoms with Crippen LogP contribution in [0.15, 0.2) is 12.1 Å². The van der Waals surface area contributed by atoms with Crippen molar-refractivity contribution in [3.8, 4) is 0 Å². The number of likely N-dealkylation sites (tertiary alicyclic amines) is 1. The summed E-state index contributed by atoms with van der Waals surface area (Å²) in [7, 11) is 0. The molecule has 5 N–H and O–H groups in total. The van der Waals surface area contributed by atoms with Crippen molar-refractivity contribution in [2.24, 2.45) is 17.5 Å². The monoisotopic (exact) mass is 283 g/mol. The summed E-state index contributed by atoms with van der Waals surface area (Å²) in [4.78, 5) is 17.7. The van der Waals surface area contributed by atoms with Gasteiger partial charge in [0.2, 0.25) is 5.91 Å². The number of hydrazine groups is 1. The van der Waals surface area contributed by atoms with E-state index in [0.717, 1.165) is 25.1 Å². The van der Waals surface area contributed by atoms with E-state index >= 15 is 0 Å². The van der Waals surface area contributed by atoms with E-state index < -0.39 is 0 Å². The molecule has 1 aromatic heterocycles. The Kier molecular flexibility index (Phi) is 4.57. The first-order valence-electron chi connectivity index (χ1n) is 6.24. The van der Waals surface area contributed by atoms with E-state index in [1.165, 1.54) is 0 Å². The molecule has 0 bridgehead atoms. The van der Waals surface area contributed by atoms with Gasteiger partial charge in [0.05, 0.1) is 16.6 Å². The Balaban J connectivity index is 2.06. The number of hydrogen-bond donors (Lipinski definition) is 3. The number of pyridine rings is 1. The third kappa shape index (κ3) is 3.56. The van der Waals surface area contributed by atoms with Crippen LogP contribution in [0.4, 0.5) is 5.82 Å². The second-order valence-electron chi connectivity index (χ2n) is 4.75. The van der Waals surface area contributed by atoms with Crippen molar-refractivity contribution in [1.29, 1.82) is 0 Å². The number of hydrogen-bond acceptors (Lipinski definition) is 5. The van der Waals surface area contributed by atoms with Gasteiger partial charge in [0, 0.05) is 13.1 Å². The average Bonchev–Trinajstić information content (AvgIpc) is 2.41. The number of aromatic nitrogens is 1. The molecule has 2 heterocycles. The van der Waals surface area contributed by atoms with Crippen LogP contribution in [0.5, 0.6) is 0 Å². The van der Waals surface area contributed by atoms with Gasteiger partial charge in [0.1, 0.15) is 5.82 Å². The molecule has 0 aliphatic carbocycles. The Morgan fingerprint density at radius 2 is 2.37 bits per heavy atom. The summed E-state index contributed by atoms with van der Waals surface area (Å²) in [6, 6.07) is 3.48. The number of nitrogens with two attached hydrogens (primary N) is 2. The van der Waals surface area contributed by atoms with Gasteiger partial charge in [-0.25, -0.2) is 10.8 Å². The molecule has 7 heteroatoms. The minimum absolute atomic E-state index is 0.0802. The van der Waals surface area contributed by atoms with Gasteiger partial charge in [-0.1, -0.05) is 11.6 Å². The van der Waals surface area contributed by atoms with Gasteiger partial charge in [-0.3, -0.25) is 9.69 Å². The van der Waals surface area contributed by atoms with E-state index in [2.05, 4.69) is 15.3 Å². The lowest BCUT2D eigenvalue weighted by Crippen LogP contribution is -2.40. The number of rotatable bonds is 4. The molecule has 2 rings (SSSR count). The summed E-state index contributed by atoms with van der Waals surface area (Å²) in [6.07, 6.45) is 1.82. The highest BCUT2D eigenvalue weighted by atomic mass is 35.5. The van der Waals surface area contributed by atoms with E-state index in [4.69, 9.17) is 23.2 Å². The van der Waals surface area contributed by atoms with E-state index in [0.29, 0.717) is 23.9 Å². The summed E-state index contributed by atoms with van der Waals surface area (Å²) in [5.74, 6) is 5.59. The quantitative estimate of drug-likeness (QED) is 0.559. The third-order valence-electron chi connectivity index (χ3n) is 3.35. The first-order valence-corrected chi connectivity index (χ1v) is 6.61. The molecule has 1 atom stereocenters. The smallest absolute Gasteiger partial charge is 0.221 e. The van der Waals surface area contributed by atoms with Crippen molar-refractivity contribution in [2.45, 2.75) is 19.4 Å². The van der Waals surface area contributed by atoms with E-state index in [-0.39, 0.29) is 11.8 Å². The second-order valence-corrected chi connectivity index (χ2v) is 5.15. The number of halogens is 1. The SMILES string of the molecule is NNc1ccc(Cl)c(CN2CCCC(C(N)=O)C2)n1. The predicted molar refractivity (Wildman–Crippen MR) is 74.3 cm³/mol. The lowest BCUT2D eigenvalue weighted by Gasteiger charge is -2.31. The number of nitrogens with one attached hydrogen (secondary N) is 1. The maximum Gasteiger partial charge on any atom is 0.221 e. The Hall–Kier alpha value is -1.37. The first kappa shape index (κ1) is 14.0. The minimum atomic E-state index is -0.235. The van der Waals surface area contributed by atoms with E-state index in [9.17, 15) is 4.79 Å². The summed E-state index contributed by atoms with van der Waals surface area (Å²) in [5.41, 5.74) is 8.61. The molecular formula is C12H18ClN5O. The number of anilines is 1. The molecule has 1 amide bonds. The van der Waals surface area contributed by atoms with Gasteiger partial charge >= 0.3 is 0 Å². The fourth-order valence-corrected chi connectivity index (χ4v) is 2.48. The van der Waals surface area contributed by atoms with Crippen molar-refractivity contribution < 1.29 is 4.79 Å². The van der Waals surface area contributed by atoms with Crippen molar-refractivity contribution in [1.82, 2.24) is 9.88 Å². The van der Waals surface area contributed by atoms with Gasteiger partial charge in [0.15, 0.2) is 0 Å². The van der Waals surface area contributed by atoms with Crippen LogP contribution in [-0.2, 0) is 11.3 Å². The van der Waals surface area contributed by atoms with Gasteiger partial charge in [-0.2, -0.15) is 0 Å². The number of carbonyl (C=O) groups excluding carboxylic acids is 1. The van der Waals surface area contributed by atoms with Crippen LogP contribution < -0.4 is 17.0 Å². The van der Waals surface area contributed by atoms with Crippen molar-refractivity contribution in [3.05, 3.63) is 22.8 Å². The van der Waals surface area contributed by atoms with Crippen molar-refractivity contribution >= 4 is 23.3 Å². The predicted octanol–water partition coefficient (Wildman–Crippen LogP) is 0.718. The maximum atomic E-state index is 11.2. The van der Waals surface area contributed by atoms with Crippen LogP contribution in [0.3, 0.4) is 0 Å². The summed E-state index contributed by atoms with van der Waals surface area (Å²) in [6.45, 7) is 2.17. The highest BCUT2D eigenvalue weighted by molar-refractivity contribution is 6.31. The molecule has 0 saturated carbocycles. The van der Waals surface area contributed by atoms with Crippen LogP contribution in [0.25, 0.3) is 0 Å². The fourth-order valence-electron chi connectivity index (χ4n) is 2.32. The molecule has 19 heavy (non-hydrogen) atoms. The van der Waals surface area contributed by atoms with Crippen molar-refractivity contribution in [2.75, 3.05) is 18.5 Å². The van der Waals surface area contributed by atoms with Gasteiger partial charge < -0.3 is 11.2 Å². The van der Waals surface area contributed by atoms with Gasteiger partial charge in [-0.15, -0.1) is 0 Å². The van der Waals surface area contributed by atoms with E-state index in [1.807, 2.05) is 0 Å². The number of amides is 1. The molecule has 6 nitrogen and oxygen atoms in total. The Morgan fingerprint density at radius 1 is 1.58 bits per heavy atom. The Labute approximate surface area is 117 Å². The topological polar surface area (TPSA) is 97.3 Å². The number of primary amides is 1. The number of piperidine rings is 1. The van der Waals surface area contributed by atoms with Crippen LogP contribution >= 0.6 is 11.6 Å². The molecule has 1 unspecified atom stereocenters. The molecule has 1 saturated heterocycles. The fraction of sp³-hybridized carbons (Fsp3) is 0.500. The van der Waals surface area contributed by atoms with Crippen LogP contribution in [0.1, 0.15) is 18.5 Å². The molecular weight excluding hydrogens is 266 g/mol. The third-order valence-corrected chi connectivity index (χ3v) is 3.69. The minimum Gasteiger partial charge on any atom is -0.369 e. The molecule has 0 spiro atoms. The zero-order valence-electron chi connectivity index (χ0n) is 10.6. The lowest BCUT2D eigenvalue weighted by molar-refractivity contribution is -0.123. The number of carbonyl (C=O) groups is 1. The second kappa shape index (κ2) is 6.18. The highest BCUT2D eigenvalue weighted by Crippen LogP contribution is 2.22. The first-order chi connectivity index (χ1) is 9.10. The standard InChI is InChI=1S/C12H18ClN5O/c13-9-3-4-11(17-15)16-10(9)7-18-5-1-2-8(6-18)12(14)19/h3-4,8H,1-2,5-7,15H2,(H2,14,19)(H,16,17). The van der Waals surface area contributed by atoms with Crippen molar-refractivity contribution in [3.63, 3.8) is 0 Å². The van der Waals surface area contributed by atoms with Gasteiger partial charge in [0.25, 0.3) is 0 Å². The largest absolute Gasteiger partial charge is 0.369 e. The highest BCUT2D eigenvalue weighted by Gasteiger charge is 2.24. The van der Waals surface area contributed by atoms with Crippen LogP contribution in [0.2, 0.25) is 5.02 Å². The maximum absolute atomic E-state index is 11.2. The molecule has 1 fully saturated rings. The van der Waals surface area contributed by atoms with E-state index in [1.54, 1.807) is 12.1 Å². The molecule has 104 valence electrons. The van der Waals surface area contributed by atoms with Gasteiger partial charge in [-0.05, 0) is 31.5 Å². The van der Waals surface area contributed by atoms with Crippen LogP contribution in [0, 0.1) is 5.92 Å². The summed E-state index contributed by atoms with van der Waals surface area (Å²) < 4.78 is 0. The lowest BCUT2D eigenvalue weighted by atomic mass is 9.97. The zero-order chi connectivity index (χ0) is 13.8. The normalized spacial score (nSPS) is 20.2. The summed E-state index contributed by atoms with van der Waals surface area (Å²) >= 11 is 6.12. The Bertz CT molecular complexity index is 467. The average molecular weight is 284 g/mol. The molecule has 1 aromatic rings. The molecule has 0 aromatic carbocycles.